The molecule has 146 valence electrons. The first-order chi connectivity index (χ1) is 13.1. The van der Waals surface area contributed by atoms with Crippen molar-refractivity contribution in [3.05, 3.63) is 59.0 Å². The second-order valence-corrected chi connectivity index (χ2v) is 6.15. The van der Waals surface area contributed by atoms with Gasteiger partial charge < -0.3 is 24.5 Å². The van der Waals surface area contributed by atoms with Crippen LogP contribution in [0.15, 0.2) is 47.1 Å². The highest BCUT2D eigenvalue weighted by Gasteiger charge is 2.20. The molecule has 0 aliphatic rings. The number of carbonyl (C=O) groups is 2. The number of hydrogen-bond acceptors (Lipinski definition) is 5. The summed E-state index contributed by atoms with van der Waals surface area (Å²) in [5, 5.41) is 5.97. The van der Waals surface area contributed by atoms with Crippen LogP contribution in [0.2, 0.25) is 5.02 Å². The number of methoxy groups -OCH3 is 1. The third-order valence-corrected chi connectivity index (χ3v) is 4.10. The Kier molecular flexibility index (Phi) is 8.67. The Balaban J connectivity index is 1.75. The van der Waals surface area contributed by atoms with E-state index < -0.39 is 18.0 Å². The summed E-state index contributed by atoms with van der Waals surface area (Å²) >= 11 is 6.18. The van der Waals surface area contributed by atoms with E-state index in [4.69, 9.17) is 25.5 Å². The van der Waals surface area contributed by atoms with Crippen LogP contribution >= 0.6 is 11.6 Å². The number of hydrogen-bond donors (Lipinski definition) is 2. The lowest BCUT2D eigenvalue weighted by Gasteiger charge is -2.19. The number of nitrogens with one attached hydrogen (secondary N) is 2. The van der Waals surface area contributed by atoms with Crippen molar-refractivity contribution < 1.29 is 23.5 Å². The van der Waals surface area contributed by atoms with Crippen LogP contribution < -0.4 is 10.6 Å². The molecule has 8 heteroatoms. The fourth-order valence-corrected chi connectivity index (χ4v) is 2.67. The van der Waals surface area contributed by atoms with Crippen LogP contribution in [0, 0.1) is 0 Å². The largest absolute Gasteiger partial charge is 0.469 e. The van der Waals surface area contributed by atoms with E-state index >= 15 is 0 Å². The first kappa shape index (κ1) is 20.8. The van der Waals surface area contributed by atoms with Crippen molar-refractivity contribution in [3.63, 3.8) is 0 Å². The van der Waals surface area contributed by atoms with Crippen molar-refractivity contribution in [1.82, 2.24) is 10.6 Å². The molecule has 2 N–H and O–H groups in total. The predicted octanol–water partition coefficient (Wildman–Crippen LogP) is 3.44. The number of ether oxygens (including phenoxy) is 2. The summed E-state index contributed by atoms with van der Waals surface area (Å²) in [6, 6.07) is 9.70. The second kappa shape index (κ2) is 11.3. The maximum Gasteiger partial charge on any atom is 0.315 e. The van der Waals surface area contributed by atoms with E-state index in [-0.39, 0.29) is 6.42 Å². The van der Waals surface area contributed by atoms with E-state index in [9.17, 15) is 9.59 Å². The minimum absolute atomic E-state index is 0.0140. The summed E-state index contributed by atoms with van der Waals surface area (Å²) < 4.78 is 15.3. The number of urea groups is 1. The average molecular weight is 395 g/mol. The highest BCUT2D eigenvalue weighted by molar-refractivity contribution is 6.31. The summed E-state index contributed by atoms with van der Waals surface area (Å²) in [6.45, 7) is 1.31. The summed E-state index contributed by atoms with van der Waals surface area (Å²) in [5.74, 6) is 0.317. The minimum atomic E-state index is -0.582. The van der Waals surface area contributed by atoms with Gasteiger partial charge in [0, 0.05) is 18.2 Å². The van der Waals surface area contributed by atoms with Gasteiger partial charge in [0.25, 0.3) is 0 Å². The van der Waals surface area contributed by atoms with Crippen LogP contribution in [0.4, 0.5) is 4.79 Å². The molecule has 0 spiro atoms. The van der Waals surface area contributed by atoms with Crippen LogP contribution in [-0.2, 0) is 20.9 Å². The number of halogens is 1. The zero-order valence-electron chi connectivity index (χ0n) is 15.1. The Bertz CT molecular complexity index is 721. The van der Waals surface area contributed by atoms with Crippen molar-refractivity contribution in [2.75, 3.05) is 20.3 Å². The van der Waals surface area contributed by atoms with Gasteiger partial charge in [-0.1, -0.05) is 29.8 Å². The van der Waals surface area contributed by atoms with Gasteiger partial charge in [0.1, 0.15) is 12.4 Å². The molecule has 0 aliphatic heterocycles. The predicted molar refractivity (Wildman–Crippen MR) is 100 cm³/mol. The first-order valence-electron chi connectivity index (χ1n) is 8.56. The SMILES string of the molecule is COC(=O)CC(NC(=O)NCCCOCc1ccco1)c1ccccc1Cl. The fraction of sp³-hybridized carbons (Fsp3) is 0.368. The van der Waals surface area contributed by atoms with Gasteiger partial charge in [0.05, 0.1) is 25.8 Å². The highest BCUT2D eigenvalue weighted by Crippen LogP contribution is 2.25. The topological polar surface area (TPSA) is 89.8 Å². The van der Waals surface area contributed by atoms with Crippen LogP contribution in [-0.4, -0.2) is 32.3 Å². The van der Waals surface area contributed by atoms with Crippen molar-refractivity contribution >= 4 is 23.6 Å². The van der Waals surface area contributed by atoms with Crippen LogP contribution in [0.3, 0.4) is 0 Å². The monoisotopic (exact) mass is 394 g/mol. The molecular weight excluding hydrogens is 372 g/mol. The first-order valence-corrected chi connectivity index (χ1v) is 8.93. The second-order valence-electron chi connectivity index (χ2n) is 5.74. The van der Waals surface area contributed by atoms with E-state index in [1.807, 2.05) is 6.07 Å². The third kappa shape index (κ3) is 7.32. The van der Waals surface area contributed by atoms with Crippen molar-refractivity contribution in [1.29, 1.82) is 0 Å². The number of esters is 1. The molecule has 1 atom stereocenters. The molecule has 0 saturated carbocycles. The van der Waals surface area contributed by atoms with Gasteiger partial charge in [-0.15, -0.1) is 0 Å². The molecule has 27 heavy (non-hydrogen) atoms. The van der Waals surface area contributed by atoms with Gasteiger partial charge in [-0.2, -0.15) is 0 Å². The summed E-state index contributed by atoms with van der Waals surface area (Å²) in [5.41, 5.74) is 0.654. The molecule has 0 saturated heterocycles. The molecule has 2 aromatic rings. The lowest BCUT2D eigenvalue weighted by Crippen LogP contribution is -2.39. The van der Waals surface area contributed by atoms with E-state index in [1.54, 1.807) is 36.6 Å². The van der Waals surface area contributed by atoms with Gasteiger partial charge in [0.15, 0.2) is 0 Å². The van der Waals surface area contributed by atoms with Gasteiger partial charge in [-0.05, 0) is 30.2 Å². The van der Waals surface area contributed by atoms with Crippen molar-refractivity contribution in [2.24, 2.45) is 0 Å². The molecular formula is C19H23ClN2O5. The Morgan fingerprint density at radius 2 is 2.04 bits per heavy atom. The number of amides is 2. The number of rotatable bonds is 10. The molecule has 1 heterocycles. The van der Waals surface area contributed by atoms with E-state index in [1.165, 1.54) is 7.11 Å². The van der Waals surface area contributed by atoms with Gasteiger partial charge in [-0.3, -0.25) is 4.79 Å². The Morgan fingerprint density at radius 3 is 2.74 bits per heavy atom. The number of benzene rings is 1. The molecule has 1 unspecified atom stereocenters. The smallest absolute Gasteiger partial charge is 0.315 e. The normalized spacial score (nSPS) is 11.6. The molecule has 0 bridgehead atoms. The molecule has 1 aromatic carbocycles. The van der Waals surface area contributed by atoms with E-state index in [2.05, 4.69) is 10.6 Å². The quantitative estimate of drug-likeness (QED) is 0.476. The van der Waals surface area contributed by atoms with Crippen molar-refractivity contribution in [3.8, 4) is 0 Å². The number of furan rings is 1. The lowest BCUT2D eigenvalue weighted by atomic mass is 10.0. The van der Waals surface area contributed by atoms with Gasteiger partial charge >= 0.3 is 12.0 Å². The molecule has 0 aliphatic carbocycles. The Labute approximate surface area is 163 Å². The highest BCUT2D eigenvalue weighted by atomic mass is 35.5. The third-order valence-electron chi connectivity index (χ3n) is 3.76. The van der Waals surface area contributed by atoms with E-state index in [0.717, 1.165) is 5.76 Å². The zero-order valence-corrected chi connectivity index (χ0v) is 15.8. The average Bonchev–Trinajstić information content (AvgIpc) is 3.17. The molecule has 0 fully saturated rings. The molecule has 7 nitrogen and oxygen atoms in total. The van der Waals surface area contributed by atoms with Crippen LogP contribution in [0.25, 0.3) is 0 Å². The summed E-state index contributed by atoms with van der Waals surface area (Å²) in [6.07, 6.45) is 2.22. The molecule has 1 aromatic heterocycles. The van der Waals surface area contributed by atoms with Crippen LogP contribution in [0.5, 0.6) is 0 Å². The Morgan fingerprint density at radius 1 is 1.22 bits per heavy atom. The molecule has 2 amide bonds. The summed E-state index contributed by atoms with van der Waals surface area (Å²) in [7, 11) is 1.30. The minimum Gasteiger partial charge on any atom is -0.469 e. The summed E-state index contributed by atoms with van der Waals surface area (Å²) in [4.78, 5) is 23.8. The molecule has 2 rings (SSSR count). The lowest BCUT2D eigenvalue weighted by molar-refractivity contribution is -0.141. The van der Waals surface area contributed by atoms with Gasteiger partial charge in [0.2, 0.25) is 0 Å². The standard InChI is InChI=1S/C19H23ClN2O5/c1-25-18(23)12-17(15-7-2-3-8-16(15)20)22-19(24)21-9-5-10-26-13-14-6-4-11-27-14/h2-4,6-8,11,17H,5,9-10,12-13H2,1H3,(H2,21,22,24). The maximum absolute atomic E-state index is 12.2. The zero-order chi connectivity index (χ0) is 19.5. The van der Waals surface area contributed by atoms with Gasteiger partial charge in [-0.25, -0.2) is 4.79 Å². The molecule has 0 radical (unpaired) electrons. The Hall–Kier alpha value is -2.51. The van der Waals surface area contributed by atoms with Crippen molar-refractivity contribution in [2.45, 2.75) is 25.5 Å². The number of carbonyl (C=O) groups excluding carboxylic acids is 2. The fourth-order valence-electron chi connectivity index (χ4n) is 2.40. The van der Waals surface area contributed by atoms with E-state index in [0.29, 0.717) is 36.8 Å². The maximum atomic E-state index is 12.2. The van der Waals surface area contributed by atoms with Crippen LogP contribution in [0.1, 0.15) is 30.2 Å².